The summed E-state index contributed by atoms with van der Waals surface area (Å²) in [5.41, 5.74) is 1.34. The van der Waals surface area contributed by atoms with Gasteiger partial charge in [-0.05, 0) is 54.1 Å². The van der Waals surface area contributed by atoms with Crippen molar-refractivity contribution < 1.29 is 9.72 Å². The number of carbonyl (C=O) groups excluding carboxylic acids is 1. The van der Waals surface area contributed by atoms with E-state index in [4.69, 9.17) is 11.6 Å². The Labute approximate surface area is 180 Å². The molecule has 0 atom stereocenters. The number of hydrogen-bond donors (Lipinski definition) is 1. The maximum atomic E-state index is 12.4. The van der Waals surface area contributed by atoms with E-state index in [1.807, 2.05) is 36.4 Å². The fourth-order valence-corrected chi connectivity index (χ4v) is 4.71. The molecule has 1 heterocycles. The lowest BCUT2D eigenvalue weighted by atomic mass is 10.2. The Morgan fingerprint density at radius 2 is 1.83 bits per heavy atom. The van der Waals surface area contributed by atoms with Gasteiger partial charge in [-0.15, -0.1) is 0 Å². The Morgan fingerprint density at radius 3 is 2.59 bits per heavy atom. The molecule has 3 aromatic rings. The first-order chi connectivity index (χ1) is 14.0. The molecule has 29 heavy (non-hydrogen) atoms. The van der Waals surface area contributed by atoms with E-state index in [0.29, 0.717) is 20.4 Å². The number of nitro benzene ring substituents is 1. The van der Waals surface area contributed by atoms with Crippen LogP contribution in [0.2, 0.25) is 5.02 Å². The van der Waals surface area contributed by atoms with Crippen LogP contribution in [0.4, 0.5) is 11.4 Å². The second-order valence-corrected chi connectivity index (χ2v) is 8.74. The van der Waals surface area contributed by atoms with Crippen molar-refractivity contribution >= 4 is 58.5 Å². The van der Waals surface area contributed by atoms with Gasteiger partial charge in [0.05, 0.1) is 20.4 Å². The van der Waals surface area contributed by atoms with Crippen LogP contribution in [0.1, 0.15) is 5.56 Å². The van der Waals surface area contributed by atoms with Gasteiger partial charge >= 0.3 is 0 Å². The lowest BCUT2D eigenvalue weighted by Gasteiger charge is -2.18. The molecule has 4 rings (SSSR count). The highest BCUT2D eigenvalue weighted by atomic mass is 35.5. The number of thioether (sulfide) groups is 1. The molecule has 0 fully saturated rings. The number of nitrogens with zero attached hydrogens (tertiary/aromatic N) is 1. The minimum atomic E-state index is -0.413. The van der Waals surface area contributed by atoms with Crippen LogP contribution in [-0.2, 0) is 4.79 Å². The van der Waals surface area contributed by atoms with E-state index in [9.17, 15) is 14.9 Å². The zero-order valence-electron chi connectivity index (χ0n) is 14.8. The number of nitrogens with one attached hydrogen (secondary N) is 1. The number of halogens is 1. The third-order valence-electron chi connectivity index (χ3n) is 4.10. The van der Waals surface area contributed by atoms with E-state index >= 15 is 0 Å². The third kappa shape index (κ3) is 4.48. The molecule has 0 radical (unpaired) electrons. The molecule has 5 nitrogen and oxygen atoms in total. The summed E-state index contributed by atoms with van der Waals surface area (Å²) < 4.78 is 0. The number of carbonyl (C=O) groups is 1. The van der Waals surface area contributed by atoms with Gasteiger partial charge in [-0.2, -0.15) is 0 Å². The number of nitro groups is 1. The average molecular weight is 441 g/mol. The molecular formula is C21H13ClN2O3S2. The Kier molecular flexibility index (Phi) is 5.62. The Balaban J connectivity index is 1.64. The molecule has 0 aromatic heterocycles. The second-order valence-electron chi connectivity index (χ2n) is 6.10. The van der Waals surface area contributed by atoms with Crippen LogP contribution in [0.3, 0.4) is 0 Å². The standard InChI is InChI=1S/C21H13ClN2O3S2/c22-14-6-8-15(9-7-14)28-19-10-5-13(11-17(19)24(26)27)12-20-21(25)23-16-3-1-2-4-18(16)29-20/h1-12H,(H,23,25)/b20-12+. The first kappa shape index (κ1) is 19.6. The summed E-state index contributed by atoms with van der Waals surface area (Å²) in [6.07, 6.45) is 1.67. The van der Waals surface area contributed by atoms with Gasteiger partial charge < -0.3 is 5.32 Å². The number of fused-ring (bicyclic) bond motifs is 1. The van der Waals surface area contributed by atoms with Crippen LogP contribution in [-0.4, -0.2) is 10.8 Å². The molecule has 144 valence electrons. The zero-order valence-corrected chi connectivity index (χ0v) is 17.2. The van der Waals surface area contributed by atoms with Crippen LogP contribution in [0.15, 0.2) is 86.3 Å². The largest absolute Gasteiger partial charge is 0.320 e. The van der Waals surface area contributed by atoms with Crippen molar-refractivity contribution in [2.45, 2.75) is 14.7 Å². The van der Waals surface area contributed by atoms with E-state index in [2.05, 4.69) is 5.32 Å². The van der Waals surface area contributed by atoms with Crippen LogP contribution in [0, 0.1) is 10.1 Å². The van der Waals surface area contributed by atoms with Gasteiger partial charge in [0.1, 0.15) is 0 Å². The van der Waals surface area contributed by atoms with Crippen molar-refractivity contribution in [3.8, 4) is 0 Å². The highest BCUT2D eigenvalue weighted by molar-refractivity contribution is 8.04. The van der Waals surface area contributed by atoms with E-state index < -0.39 is 4.92 Å². The van der Waals surface area contributed by atoms with Gasteiger partial charge in [-0.1, -0.05) is 53.3 Å². The van der Waals surface area contributed by atoms with Crippen LogP contribution >= 0.6 is 35.1 Å². The monoisotopic (exact) mass is 440 g/mol. The maximum Gasteiger partial charge on any atom is 0.283 e. The number of anilines is 1. The molecule has 1 aliphatic heterocycles. The van der Waals surface area contributed by atoms with E-state index in [1.165, 1.54) is 29.6 Å². The Hall–Kier alpha value is -2.74. The van der Waals surface area contributed by atoms with Crippen LogP contribution in [0.25, 0.3) is 6.08 Å². The summed E-state index contributed by atoms with van der Waals surface area (Å²) in [7, 11) is 0. The summed E-state index contributed by atoms with van der Waals surface area (Å²) in [6.45, 7) is 0. The molecular weight excluding hydrogens is 428 g/mol. The van der Waals surface area contributed by atoms with Crippen LogP contribution < -0.4 is 5.32 Å². The summed E-state index contributed by atoms with van der Waals surface area (Å²) in [4.78, 5) is 26.3. The first-order valence-electron chi connectivity index (χ1n) is 8.51. The highest BCUT2D eigenvalue weighted by Gasteiger charge is 2.21. The summed E-state index contributed by atoms with van der Waals surface area (Å²) in [6, 6.07) is 19.6. The predicted molar refractivity (Wildman–Crippen MR) is 118 cm³/mol. The number of hydrogen-bond acceptors (Lipinski definition) is 5. The molecule has 8 heteroatoms. The minimum Gasteiger partial charge on any atom is -0.320 e. The normalized spacial score (nSPS) is 14.4. The van der Waals surface area contributed by atoms with Crippen molar-refractivity contribution in [1.29, 1.82) is 0 Å². The van der Waals surface area contributed by atoms with E-state index in [1.54, 1.807) is 30.3 Å². The first-order valence-corrected chi connectivity index (χ1v) is 10.5. The topological polar surface area (TPSA) is 72.2 Å². The Bertz CT molecular complexity index is 1150. The SMILES string of the molecule is O=C1Nc2ccccc2S/C1=C/c1ccc(Sc2ccc(Cl)cc2)c([N+](=O)[O-])c1. The average Bonchev–Trinajstić information content (AvgIpc) is 2.71. The summed E-state index contributed by atoms with van der Waals surface area (Å²) >= 11 is 8.53. The van der Waals surface area contributed by atoms with Crippen molar-refractivity contribution in [3.63, 3.8) is 0 Å². The minimum absolute atomic E-state index is 0.0130. The number of para-hydroxylation sites is 1. The maximum absolute atomic E-state index is 12.4. The van der Waals surface area contributed by atoms with Gasteiger partial charge in [-0.25, -0.2) is 0 Å². The fraction of sp³-hybridized carbons (Fsp3) is 0. The molecule has 3 aromatic carbocycles. The molecule has 0 saturated carbocycles. The van der Waals surface area contributed by atoms with Gasteiger partial charge in [0.25, 0.3) is 11.6 Å². The van der Waals surface area contributed by atoms with Gasteiger partial charge in [0.2, 0.25) is 0 Å². The summed E-state index contributed by atoms with van der Waals surface area (Å²) in [5, 5.41) is 15.1. The smallest absolute Gasteiger partial charge is 0.283 e. The zero-order chi connectivity index (χ0) is 20.4. The number of benzene rings is 3. The second kappa shape index (κ2) is 8.32. The Morgan fingerprint density at radius 1 is 1.07 bits per heavy atom. The lowest BCUT2D eigenvalue weighted by Crippen LogP contribution is -2.17. The third-order valence-corrected chi connectivity index (χ3v) is 6.52. The summed E-state index contributed by atoms with van der Waals surface area (Å²) in [5.74, 6) is -0.226. The van der Waals surface area contributed by atoms with E-state index in [-0.39, 0.29) is 11.6 Å². The predicted octanol–water partition coefficient (Wildman–Crippen LogP) is 6.48. The highest BCUT2D eigenvalue weighted by Crippen LogP contribution is 2.40. The molecule has 1 aliphatic rings. The molecule has 0 aliphatic carbocycles. The number of rotatable bonds is 4. The molecule has 1 N–H and O–H groups in total. The van der Waals surface area contributed by atoms with Crippen molar-refractivity contribution in [2.24, 2.45) is 0 Å². The lowest BCUT2D eigenvalue weighted by molar-refractivity contribution is -0.387. The molecule has 1 amide bonds. The van der Waals surface area contributed by atoms with Crippen molar-refractivity contribution in [3.05, 3.63) is 92.3 Å². The van der Waals surface area contributed by atoms with Crippen molar-refractivity contribution in [2.75, 3.05) is 5.32 Å². The molecule has 0 unspecified atom stereocenters. The molecule has 0 bridgehead atoms. The fourth-order valence-electron chi connectivity index (χ4n) is 2.74. The molecule has 0 spiro atoms. The van der Waals surface area contributed by atoms with Gasteiger partial charge in [0, 0.05) is 20.9 Å². The van der Waals surface area contributed by atoms with Crippen LogP contribution in [0.5, 0.6) is 0 Å². The van der Waals surface area contributed by atoms with Gasteiger partial charge in [0.15, 0.2) is 0 Å². The number of amides is 1. The van der Waals surface area contributed by atoms with E-state index in [0.717, 1.165) is 15.5 Å². The molecule has 0 saturated heterocycles. The van der Waals surface area contributed by atoms with Gasteiger partial charge in [-0.3, -0.25) is 14.9 Å². The quantitative estimate of drug-likeness (QED) is 0.285. The van der Waals surface area contributed by atoms with Crippen molar-refractivity contribution in [1.82, 2.24) is 0 Å².